The maximum atomic E-state index is 2.78. The first-order valence-corrected chi connectivity index (χ1v) is 5.52. The summed E-state index contributed by atoms with van der Waals surface area (Å²) in [4.78, 5) is 2.18. The molecule has 1 nitrogen and oxygen atoms in total. The lowest BCUT2D eigenvalue weighted by Crippen LogP contribution is -2.11. The van der Waals surface area contributed by atoms with Crippen LogP contribution in [0.15, 0.2) is 24.3 Å². The molecule has 0 atom stereocenters. The quantitative estimate of drug-likeness (QED) is 0.657. The summed E-state index contributed by atoms with van der Waals surface area (Å²) >= 11 is 2.78. The van der Waals surface area contributed by atoms with Gasteiger partial charge in [0.05, 0.1) is 0 Å². The second-order valence-corrected chi connectivity index (χ2v) is 3.99. The van der Waals surface area contributed by atoms with Gasteiger partial charge >= 0.3 is 0 Å². The van der Waals surface area contributed by atoms with E-state index < -0.39 is 0 Å². The topological polar surface area (TPSA) is 3.24 Å². The molecule has 13 heavy (non-hydrogen) atoms. The summed E-state index contributed by atoms with van der Waals surface area (Å²) < 4.78 is 0. The second-order valence-electron chi connectivity index (χ2n) is 3.42. The van der Waals surface area contributed by atoms with Crippen LogP contribution in [0.25, 0.3) is 0 Å². The minimum absolute atomic E-state index is 1.18. The van der Waals surface area contributed by atoms with Gasteiger partial charge in [0.1, 0.15) is 16.3 Å². The molecule has 0 spiro atoms. The van der Waals surface area contributed by atoms with Crippen LogP contribution in [-0.2, 0) is 6.42 Å². The van der Waals surface area contributed by atoms with Crippen LogP contribution in [-0.4, -0.2) is 30.4 Å². The largest absolute Gasteiger partial charge is 0.377 e. The zero-order chi connectivity index (χ0) is 9.68. The highest BCUT2D eigenvalue weighted by Gasteiger charge is 2.01. The van der Waals surface area contributed by atoms with E-state index in [0.717, 1.165) is 0 Å². The van der Waals surface area contributed by atoms with Crippen molar-refractivity contribution in [1.29, 1.82) is 0 Å². The minimum atomic E-state index is 1.18. The molecule has 0 amide bonds. The van der Waals surface area contributed by atoms with Crippen LogP contribution >= 0.6 is 0 Å². The lowest BCUT2D eigenvalue weighted by Gasteiger charge is -2.17. The zero-order valence-corrected chi connectivity index (χ0v) is 9.61. The predicted molar refractivity (Wildman–Crippen MR) is 59.7 cm³/mol. The van der Waals surface area contributed by atoms with Crippen LogP contribution < -0.4 is 4.90 Å². The SMILES string of the molecule is CN(C)c1ccccc1CC[CH2][Al]. The Morgan fingerprint density at radius 1 is 1.23 bits per heavy atom. The maximum absolute atomic E-state index is 2.78. The zero-order valence-electron chi connectivity index (χ0n) is 8.46. The molecule has 0 fully saturated rings. The van der Waals surface area contributed by atoms with Crippen LogP contribution in [0, 0.1) is 0 Å². The first-order valence-electron chi connectivity index (χ1n) is 4.71. The Labute approximate surface area is 89.2 Å². The van der Waals surface area contributed by atoms with Gasteiger partial charge in [0, 0.05) is 19.8 Å². The van der Waals surface area contributed by atoms with Crippen LogP contribution in [0.1, 0.15) is 12.0 Å². The molecule has 0 saturated heterocycles. The summed E-state index contributed by atoms with van der Waals surface area (Å²) in [5, 5.41) is 1.18. The third-order valence-corrected chi connectivity index (χ3v) is 2.53. The van der Waals surface area contributed by atoms with Crippen molar-refractivity contribution in [3.63, 3.8) is 0 Å². The molecule has 0 N–H and O–H groups in total. The number of anilines is 1. The van der Waals surface area contributed by atoms with E-state index in [4.69, 9.17) is 0 Å². The van der Waals surface area contributed by atoms with E-state index in [9.17, 15) is 0 Å². The Morgan fingerprint density at radius 2 is 1.92 bits per heavy atom. The minimum Gasteiger partial charge on any atom is -0.377 e. The van der Waals surface area contributed by atoms with Gasteiger partial charge in [-0.25, -0.2) is 0 Å². The third kappa shape index (κ3) is 3.06. The molecule has 0 heterocycles. The molecule has 1 aromatic rings. The lowest BCUT2D eigenvalue weighted by molar-refractivity contribution is 0.910. The number of hydrogen-bond acceptors (Lipinski definition) is 1. The van der Waals surface area contributed by atoms with Crippen LogP contribution in [0.4, 0.5) is 5.69 Å². The fourth-order valence-electron chi connectivity index (χ4n) is 1.45. The van der Waals surface area contributed by atoms with Gasteiger partial charge in [-0.1, -0.05) is 24.6 Å². The number of nitrogens with zero attached hydrogens (tertiary/aromatic N) is 1. The molecule has 68 valence electrons. The highest BCUT2D eigenvalue weighted by molar-refractivity contribution is 6.08. The summed E-state index contributed by atoms with van der Waals surface area (Å²) in [7, 11) is 4.19. The van der Waals surface area contributed by atoms with Crippen LogP contribution in [0.5, 0.6) is 0 Å². The summed E-state index contributed by atoms with van der Waals surface area (Å²) in [6.07, 6.45) is 2.42. The van der Waals surface area contributed by atoms with E-state index in [1.165, 1.54) is 29.4 Å². The van der Waals surface area contributed by atoms with E-state index in [-0.39, 0.29) is 0 Å². The van der Waals surface area contributed by atoms with Gasteiger partial charge in [-0.3, -0.25) is 0 Å². The van der Waals surface area contributed by atoms with Crippen molar-refractivity contribution in [2.45, 2.75) is 18.1 Å². The van der Waals surface area contributed by atoms with Gasteiger partial charge in [0.2, 0.25) is 0 Å². The van der Waals surface area contributed by atoms with E-state index in [1.807, 2.05) is 0 Å². The normalized spacial score (nSPS) is 10.0. The Hall–Kier alpha value is -0.448. The molecule has 0 aromatic heterocycles. The number of aryl methyl sites for hydroxylation is 1. The molecule has 1 rings (SSSR count). The summed E-state index contributed by atoms with van der Waals surface area (Å²) in [6, 6.07) is 8.61. The van der Waals surface area contributed by atoms with Crippen LogP contribution in [0.3, 0.4) is 0 Å². The van der Waals surface area contributed by atoms with Crippen molar-refractivity contribution in [3.05, 3.63) is 29.8 Å². The second kappa shape index (κ2) is 5.32. The number of rotatable bonds is 4. The Kier molecular flexibility index (Phi) is 4.35. The maximum Gasteiger partial charge on any atom is 0.118 e. The number of para-hydroxylation sites is 1. The molecule has 0 aliphatic heterocycles. The summed E-state index contributed by atoms with van der Waals surface area (Å²) in [5.41, 5.74) is 2.80. The lowest BCUT2D eigenvalue weighted by atomic mass is 10.1. The predicted octanol–water partition coefficient (Wildman–Crippen LogP) is 2.27. The summed E-state index contributed by atoms with van der Waals surface area (Å²) in [5.74, 6) is 0. The molecule has 0 aliphatic carbocycles. The van der Waals surface area contributed by atoms with Gasteiger partial charge in [-0.15, -0.1) is 5.28 Å². The average Bonchev–Trinajstić information content (AvgIpc) is 2.15. The van der Waals surface area contributed by atoms with Gasteiger partial charge in [-0.2, -0.15) is 0 Å². The van der Waals surface area contributed by atoms with Crippen LogP contribution in [0.2, 0.25) is 5.28 Å². The highest BCUT2D eigenvalue weighted by Crippen LogP contribution is 2.19. The molecular weight excluding hydrogens is 173 g/mol. The van der Waals surface area contributed by atoms with Crippen molar-refractivity contribution in [2.75, 3.05) is 19.0 Å². The first-order chi connectivity index (χ1) is 6.25. The Balaban J connectivity index is 2.78. The van der Waals surface area contributed by atoms with Crippen molar-refractivity contribution in [2.24, 2.45) is 0 Å². The van der Waals surface area contributed by atoms with Crippen molar-refractivity contribution >= 4 is 22.0 Å². The van der Waals surface area contributed by atoms with Gasteiger partial charge in [0.25, 0.3) is 0 Å². The van der Waals surface area contributed by atoms with Crippen molar-refractivity contribution < 1.29 is 0 Å². The standard InChI is InChI=1S/C11H16N.Al/c1-4-7-10-8-5-6-9-11(10)12(2)3;/h5-6,8-9H,1,4,7H2,2-3H3;. The monoisotopic (exact) mass is 189 g/mol. The summed E-state index contributed by atoms with van der Waals surface area (Å²) in [6.45, 7) is 0. The van der Waals surface area contributed by atoms with E-state index in [2.05, 4.69) is 59.6 Å². The van der Waals surface area contributed by atoms with Gasteiger partial charge < -0.3 is 4.90 Å². The van der Waals surface area contributed by atoms with E-state index in [0.29, 0.717) is 0 Å². The van der Waals surface area contributed by atoms with E-state index >= 15 is 0 Å². The molecule has 1 aromatic carbocycles. The van der Waals surface area contributed by atoms with E-state index in [1.54, 1.807) is 0 Å². The smallest absolute Gasteiger partial charge is 0.118 e. The highest BCUT2D eigenvalue weighted by atomic mass is 27.0. The molecule has 0 saturated carbocycles. The van der Waals surface area contributed by atoms with Crippen molar-refractivity contribution in [1.82, 2.24) is 0 Å². The number of hydrogen-bond donors (Lipinski definition) is 0. The van der Waals surface area contributed by atoms with Gasteiger partial charge in [-0.05, 0) is 18.1 Å². The fraction of sp³-hybridized carbons (Fsp3) is 0.455. The Morgan fingerprint density at radius 3 is 2.54 bits per heavy atom. The first kappa shape index (κ1) is 10.6. The molecule has 0 bridgehead atoms. The van der Waals surface area contributed by atoms with Gasteiger partial charge in [0.15, 0.2) is 0 Å². The molecule has 2 heteroatoms. The number of benzene rings is 1. The fourth-order valence-corrected chi connectivity index (χ4v) is 1.66. The van der Waals surface area contributed by atoms with Crippen molar-refractivity contribution in [3.8, 4) is 0 Å². The molecule has 2 radical (unpaired) electrons. The average molecular weight is 189 g/mol. The molecular formula is C11H16AlN. The molecule has 0 unspecified atom stereocenters. The Bertz CT molecular complexity index is 258. The molecule has 0 aliphatic rings. The third-order valence-electron chi connectivity index (χ3n) is 2.12.